The molecule has 2 aromatic carbocycles. The Kier molecular flexibility index (Phi) is 18.6. The minimum absolute atomic E-state index is 0.297. The van der Waals surface area contributed by atoms with Crippen LogP contribution in [0.4, 0.5) is 22.4 Å². The molecule has 1 aliphatic heterocycles. The Balaban J connectivity index is 0.000000256. The lowest BCUT2D eigenvalue weighted by Crippen LogP contribution is -2.50. The third-order valence-corrected chi connectivity index (χ3v) is 12.0. The first kappa shape index (κ1) is 48.5. The average molecular weight is 942 g/mol. The van der Waals surface area contributed by atoms with E-state index in [1.54, 1.807) is 87.3 Å². The summed E-state index contributed by atoms with van der Waals surface area (Å²) in [6.45, 7) is 6.64. The normalized spacial score (nSPS) is 17.2. The molecule has 1 saturated heterocycles. The third-order valence-electron chi connectivity index (χ3n) is 7.70. The van der Waals surface area contributed by atoms with E-state index in [1.807, 2.05) is 12.5 Å². The quantitative estimate of drug-likeness (QED) is 0.0733. The molecule has 23 heteroatoms. The van der Waals surface area contributed by atoms with Crippen LogP contribution in [-0.2, 0) is 14.3 Å². The summed E-state index contributed by atoms with van der Waals surface area (Å²) in [5, 5.41) is 46.5. The van der Waals surface area contributed by atoms with E-state index in [0.717, 1.165) is 18.2 Å². The van der Waals surface area contributed by atoms with E-state index in [2.05, 4.69) is 36.3 Å². The zero-order chi connectivity index (χ0) is 42.7. The molecule has 0 unspecified atom stereocenters. The van der Waals surface area contributed by atoms with Crippen LogP contribution in [-0.4, -0.2) is 115 Å². The zero-order valence-electron chi connectivity index (χ0n) is 31.7. The van der Waals surface area contributed by atoms with Crippen molar-refractivity contribution in [1.82, 2.24) is 30.6 Å². The standard InChI is InChI=1S/C17H25BFNO5.C14H14F3N3O2S2.C3H3BrN2S2/c1-16(2,3)25-15(21)20-13(10-19)14(24-17(20,4)5)11-6-8-12(9-7-11)18(22)23;1-23-14-20-19-13(24-14)8-4-2-7(3-5-8)10(21)9(6-15)18-12(22)11(16)17;1-7-3-6-5-2(4)8-3/h6-9,13-14,22-23H,10H2,1-5H3;2-5,9-11,21H,6H2,1H3,(H,18,22);1H3/t13-,14-;9-,10-;/m11./s1. The number of nitrogens with one attached hydrogen (secondary N) is 1. The molecule has 4 atom stereocenters. The van der Waals surface area contributed by atoms with Crippen LogP contribution >= 0.6 is 62.1 Å². The summed E-state index contributed by atoms with van der Waals surface area (Å²) in [5.41, 5.74) is 0.278. The van der Waals surface area contributed by atoms with Crippen LogP contribution in [0.1, 0.15) is 58.0 Å². The first-order valence-electron chi connectivity index (χ1n) is 16.8. The predicted octanol–water partition coefficient (Wildman–Crippen LogP) is 6.45. The summed E-state index contributed by atoms with van der Waals surface area (Å²) in [6.07, 6.45) is -2.16. The second-order valence-electron chi connectivity index (χ2n) is 13.3. The number of aliphatic hydroxyl groups excluding tert-OH is 1. The minimum Gasteiger partial charge on any atom is -0.444 e. The first-order valence-corrected chi connectivity index (χ1v) is 21.7. The molecule has 312 valence electrons. The van der Waals surface area contributed by atoms with Crippen LogP contribution in [0.2, 0.25) is 0 Å². The molecule has 5 rings (SSSR count). The van der Waals surface area contributed by atoms with Gasteiger partial charge in [-0.05, 0) is 79.6 Å². The number of rotatable bonds is 11. The SMILES string of the molecule is CC(C)(C)OC(=O)N1[C@H](CF)[C@@H](c2ccc(B(O)O)cc2)OC1(C)C.CSc1nnc(-c2ccc([C@@H](O)[C@@H](CF)NC(=O)C(F)F)cc2)s1.CSc1nnc(Br)s1. The molecule has 0 saturated carbocycles. The Bertz CT molecular complexity index is 1880. The van der Waals surface area contributed by atoms with Crippen molar-refractivity contribution in [3.63, 3.8) is 0 Å². The molecular weight excluding hydrogens is 899 g/mol. The number of alkyl halides is 4. The Morgan fingerprint density at radius 2 is 1.58 bits per heavy atom. The van der Waals surface area contributed by atoms with Crippen molar-refractivity contribution in [2.45, 2.75) is 85.3 Å². The van der Waals surface area contributed by atoms with Gasteiger partial charge in [0.1, 0.15) is 41.9 Å². The van der Waals surface area contributed by atoms with Gasteiger partial charge < -0.3 is 29.9 Å². The number of aromatic nitrogens is 4. The lowest BCUT2D eigenvalue weighted by atomic mass is 9.80. The van der Waals surface area contributed by atoms with Crippen LogP contribution in [0.25, 0.3) is 10.6 Å². The maximum absolute atomic E-state index is 13.8. The van der Waals surface area contributed by atoms with Crippen LogP contribution in [0.15, 0.2) is 61.1 Å². The van der Waals surface area contributed by atoms with Crippen LogP contribution in [0.3, 0.4) is 0 Å². The van der Waals surface area contributed by atoms with Gasteiger partial charge >= 0.3 is 19.6 Å². The number of hydrogen-bond donors (Lipinski definition) is 4. The Morgan fingerprint density at radius 3 is 2.02 bits per heavy atom. The number of thioether (sulfide) groups is 2. The maximum Gasteiger partial charge on any atom is 0.488 e. The maximum atomic E-state index is 13.8. The molecule has 2 amide bonds. The monoisotopic (exact) mass is 940 g/mol. The summed E-state index contributed by atoms with van der Waals surface area (Å²) in [7, 11) is -1.58. The Morgan fingerprint density at radius 1 is 1.00 bits per heavy atom. The Labute approximate surface area is 352 Å². The summed E-state index contributed by atoms with van der Waals surface area (Å²) in [4.78, 5) is 24.8. The topological polar surface area (TPSA) is 180 Å². The molecule has 4 N–H and O–H groups in total. The van der Waals surface area contributed by atoms with Gasteiger partial charge in [0.05, 0.1) is 12.1 Å². The summed E-state index contributed by atoms with van der Waals surface area (Å²) >= 11 is 9.22. The van der Waals surface area contributed by atoms with Crippen molar-refractivity contribution >= 4 is 86.7 Å². The van der Waals surface area contributed by atoms with Crippen LogP contribution in [0.5, 0.6) is 0 Å². The van der Waals surface area contributed by atoms with Gasteiger partial charge in [0.25, 0.3) is 5.91 Å². The largest absolute Gasteiger partial charge is 0.488 e. The fourth-order valence-electron chi connectivity index (χ4n) is 5.13. The molecule has 4 aromatic rings. The van der Waals surface area contributed by atoms with Crippen LogP contribution in [0, 0.1) is 0 Å². The van der Waals surface area contributed by atoms with Crippen molar-refractivity contribution < 1.29 is 51.8 Å². The van der Waals surface area contributed by atoms with Gasteiger partial charge in [0.15, 0.2) is 12.6 Å². The average Bonchev–Trinajstić information content (AvgIpc) is 3.89. The van der Waals surface area contributed by atoms with Gasteiger partial charge in [-0.15, -0.1) is 20.4 Å². The summed E-state index contributed by atoms with van der Waals surface area (Å²) in [6, 6.07) is 10.4. The number of nitrogens with zero attached hydrogens (tertiary/aromatic N) is 5. The number of amides is 2. The van der Waals surface area contributed by atoms with E-state index in [4.69, 9.17) is 9.47 Å². The lowest BCUT2D eigenvalue weighted by molar-refractivity contribution is -0.133. The van der Waals surface area contributed by atoms with E-state index in [0.29, 0.717) is 21.6 Å². The summed E-state index contributed by atoms with van der Waals surface area (Å²) < 4.78 is 65.2. The van der Waals surface area contributed by atoms with Crippen molar-refractivity contribution in [1.29, 1.82) is 0 Å². The van der Waals surface area contributed by atoms with E-state index in [1.165, 1.54) is 52.3 Å². The number of aliphatic hydroxyl groups is 1. The van der Waals surface area contributed by atoms with E-state index in [9.17, 15) is 42.3 Å². The summed E-state index contributed by atoms with van der Waals surface area (Å²) in [5.74, 6) is -1.62. The fraction of sp³-hybridized carbons (Fsp3) is 0.471. The molecule has 0 spiro atoms. The molecule has 57 heavy (non-hydrogen) atoms. The third kappa shape index (κ3) is 14.1. The van der Waals surface area contributed by atoms with Gasteiger partial charge in [-0.3, -0.25) is 9.69 Å². The first-order chi connectivity index (χ1) is 26.7. The van der Waals surface area contributed by atoms with Crippen molar-refractivity contribution in [3.8, 4) is 10.6 Å². The lowest BCUT2D eigenvalue weighted by Gasteiger charge is -2.34. The highest BCUT2D eigenvalue weighted by atomic mass is 79.9. The number of carbonyl (C=O) groups is 2. The highest BCUT2D eigenvalue weighted by molar-refractivity contribution is 9.11. The number of ether oxygens (including phenoxy) is 2. The molecule has 3 heterocycles. The molecule has 0 aliphatic carbocycles. The molecular formula is C34H42BBrF4N6O7S4. The fourth-order valence-corrected chi connectivity index (χ4v) is 8.27. The van der Waals surface area contributed by atoms with E-state index >= 15 is 0 Å². The van der Waals surface area contributed by atoms with Crippen LogP contribution < -0.4 is 10.8 Å². The van der Waals surface area contributed by atoms with Gasteiger partial charge in [-0.25, -0.2) is 13.6 Å². The van der Waals surface area contributed by atoms with Crippen molar-refractivity contribution in [2.75, 3.05) is 25.9 Å². The molecule has 1 fully saturated rings. The zero-order valence-corrected chi connectivity index (χ0v) is 36.6. The number of hydrogen-bond acceptors (Lipinski definition) is 15. The van der Waals surface area contributed by atoms with Crippen molar-refractivity contribution in [3.05, 3.63) is 63.6 Å². The second-order valence-corrected chi connectivity index (χ2v) is 18.7. The molecule has 13 nitrogen and oxygen atoms in total. The highest BCUT2D eigenvalue weighted by Gasteiger charge is 2.51. The number of halogens is 5. The highest BCUT2D eigenvalue weighted by Crippen LogP contribution is 2.42. The predicted molar refractivity (Wildman–Crippen MR) is 217 cm³/mol. The van der Waals surface area contributed by atoms with Crippen molar-refractivity contribution in [2.24, 2.45) is 0 Å². The van der Waals surface area contributed by atoms with E-state index in [-0.39, 0.29) is 0 Å². The minimum atomic E-state index is -3.27. The van der Waals surface area contributed by atoms with E-state index < -0.39 is 74.5 Å². The number of carbonyl (C=O) groups excluding carboxylic acids is 2. The molecule has 0 radical (unpaired) electrons. The number of benzene rings is 2. The molecule has 0 bridgehead atoms. The molecule has 1 aliphatic rings. The van der Waals surface area contributed by atoms with Gasteiger partial charge in [0, 0.05) is 5.56 Å². The molecule has 2 aromatic heterocycles. The van der Waals surface area contributed by atoms with Gasteiger partial charge in [-0.1, -0.05) is 94.7 Å². The smallest absolute Gasteiger partial charge is 0.444 e. The van der Waals surface area contributed by atoms with Gasteiger partial charge in [0.2, 0.25) is 0 Å². The Hall–Kier alpha value is -2.90. The second kappa shape index (κ2) is 21.9. The van der Waals surface area contributed by atoms with Gasteiger partial charge in [-0.2, -0.15) is 8.78 Å².